The highest BCUT2D eigenvalue weighted by Gasteiger charge is 2.19. The second kappa shape index (κ2) is 8.19. The van der Waals surface area contributed by atoms with Crippen molar-refractivity contribution in [3.63, 3.8) is 0 Å². The van der Waals surface area contributed by atoms with E-state index in [1.54, 1.807) is 24.5 Å². The van der Waals surface area contributed by atoms with Gasteiger partial charge in [-0.15, -0.1) is 0 Å². The van der Waals surface area contributed by atoms with Crippen LogP contribution in [0.15, 0.2) is 97.3 Å². The van der Waals surface area contributed by atoms with Crippen molar-refractivity contribution in [2.45, 2.75) is 0 Å². The summed E-state index contributed by atoms with van der Waals surface area (Å²) < 4.78 is 1.96. The van der Waals surface area contributed by atoms with E-state index in [1.807, 2.05) is 77.4 Å². The molecule has 0 unspecified atom stereocenters. The van der Waals surface area contributed by atoms with E-state index in [2.05, 4.69) is 4.98 Å². The molecule has 0 aliphatic rings. The molecule has 3 aromatic carbocycles. The van der Waals surface area contributed by atoms with Crippen molar-refractivity contribution in [1.82, 2.24) is 24.5 Å². The van der Waals surface area contributed by atoms with Crippen LogP contribution in [0.25, 0.3) is 50.5 Å². The van der Waals surface area contributed by atoms with Crippen LogP contribution in [0, 0.1) is 0 Å². The second-order valence-corrected chi connectivity index (χ2v) is 7.89. The molecule has 6 rings (SSSR count). The summed E-state index contributed by atoms with van der Waals surface area (Å²) in [4.78, 5) is 18.8. The van der Waals surface area contributed by atoms with Gasteiger partial charge in [0.25, 0.3) is 0 Å². The minimum atomic E-state index is -1.56. The van der Waals surface area contributed by atoms with Gasteiger partial charge in [0.15, 0.2) is 11.6 Å². The fraction of sp³-hybridized carbons (Fsp3) is 0. The lowest BCUT2D eigenvalue weighted by Crippen LogP contribution is -2.29. The summed E-state index contributed by atoms with van der Waals surface area (Å²) in [5.41, 5.74) is 3.87. The van der Waals surface area contributed by atoms with E-state index in [4.69, 9.17) is 15.0 Å². The highest BCUT2D eigenvalue weighted by Crippen LogP contribution is 2.31. The van der Waals surface area contributed by atoms with Crippen LogP contribution in [0.3, 0.4) is 0 Å². The largest absolute Gasteiger partial charge is 0.488 e. The van der Waals surface area contributed by atoms with Crippen molar-refractivity contribution in [3.8, 4) is 28.7 Å². The topological polar surface area (TPSA) is 97.0 Å². The van der Waals surface area contributed by atoms with Crippen LogP contribution < -0.4 is 5.46 Å². The molecule has 8 heteroatoms. The van der Waals surface area contributed by atoms with Gasteiger partial charge < -0.3 is 10.0 Å². The molecular formula is C26H18BN5O2. The van der Waals surface area contributed by atoms with Gasteiger partial charge in [-0.2, -0.15) is 9.97 Å². The summed E-state index contributed by atoms with van der Waals surface area (Å²) in [5.74, 6) is 1.60. The van der Waals surface area contributed by atoms with Crippen molar-refractivity contribution in [3.05, 3.63) is 97.3 Å². The van der Waals surface area contributed by atoms with Crippen molar-refractivity contribution in [1.29, 1.82) is 0 Å². The quantitative estimate of drug-likeness (QED) is 0.406. The molecular weight excluding hydrogens is 425 g/mol. The maximum Gasteiger partial charge on any atom is 0.488 e. The van der Waals surface area contributed by atoms with Crippen LogP contribution in [0.1, 0.15) is 0 Å². The van der Waals surface area contributed by atoms with Crippen molar-refractivity contribution >= 4 is 34.4 Å². The third-order valence-electron chi connectivity index (χ3n) is 5.78. The summed E-state index contributed by atoms with van der Waals surface area (Å²) in [6, 6.07) is 26.8. The Labute approximate surface area is 195 Å². The Morgan fingerprint density at radius 2 is 1.26 bits per heavy atom. The second-order valence-electron chi connectivity index (χ2n) is 7.89. The van der Waals surface area contributed by atoms with Gasteiger partial charge in [-0.05, 0) is 17.6 Å². The normalized spacial score (nSPS) is 11.2. The van der Waals surface area contributed by atoms with E-state index >= 15 is 0 Å². The van der Waals surface area contributed by atoms with Crippen LogP contribution in [0.2, 0.25) is 0 Å². The molecule has 0 spiro atoms. The highest BCUT2D eigenvalue weighted by atomic mass is 16.4. The zero-order valence-corrected chi connectivity index (χ0v) is 17.9. The number of aromatic nitrogens is 5. The molecule has 3 aromatic heterocycles. The number of nitrogens with zero attached hydrogens (tertiary/aromatic N) is 5. The van der Waals surface area contributed by atoms with E-state index in [0.717, 1.165) is 32.9 Å². The third kappa shape index (κ3) is 3.42. The van der Waals surface area contributed by atoms with Crippen molar-refractivity contribution in [2.24, 2.45) is 0 Å². The van der Waals surface area contributed by atoms with E-state index < -0.39 is 7.12 Å². The Morgan fingerprint density at radius 1 is 0.647 bits per heavy atom. The molecule has 0 bridgehead atoms. The van der Waals surface area contributed by atoms with Gasteiger partial charge in [-0.3, -0.25) is 9.55 Å². The molecule has 34 heavy (non-hydrogen) atoms. The zero-order valence-electron chi connectivity index (χ0n) is 17.9. The maximum atomic E-state index is 9.70. The molecule has 7 nitrogen and oxygen atoms in total. The molecule has 0 atom stereocenters. The maximum absolute atomic E-state index is 9.70. The molecule has 6 aromatic rings. The van der Waals surface area contributed by atoms with Crippen molar-refractivity contribution in [2.75, 3.05) is 0 Å². The number of pyridine rings is 1. The molecule has 0 radical (unpaired) electrons. The van der Waals surface area contributed by atoms with Gasteiger partial charge in [0.1, 0.15) is 0 Å². The van der Waals surface area contributed by atoms with E-state index in [0.29, 0.717) is 23.1 Å². The summed E-state index contributed by atoms with van der Waals surface area (Å²) >= 11 is 0. The summed E-state index contributed by atoms with van der Waals surface area (Å²) in [7, 11) is -1.56. The minimum absolute atomic E-state index is 0.404. The first-order valence-corrected chi connectivity index (χ1v) is 10.8. The number of hydrogen-bond donors (Lipinski definition) is 2. The smallest absolute Gasteiger partial charge is 0.423 e. The Morgan fingerprint density at radius 3 is 1.88 bits per heavy atom. The molecule has 0 aliphatic heterocycles. The first-order chi connectivity index (χ1) is 16.7. The van der Waals surface area contributed by atoms with Crippen molar-refractivity contribution < 1.29 is 10.0 Å². The summed E-state index contributed by atoms with van der Waals surface area (Å²) in [5, 5.41) is 21.1. The van der Waals surface area contributed by atoms with Gasteiger partial charge in [0, 0.05) is 34.3 Å². The molecule has 0 fully saturated rings. The fourth-order valence-electron chi connectivity index (χ4n) is 4.16. The van der Waals surface area contributed by atoms with Crippen LogP contribution >= 0.6 is 0 Å². The minimum Gasteiger partial charge on any atom is -0.423 e. The van der Waals surface area contributed by atoms with E-state index in [-0.39, 0.29) is 0 Å². The average molecular weight is 443 g/mol. The van der Waals surface area contributed by atoms with Crippen LogP contribution in [-0.2, 0) is 0 Å². The van der Waals surface area contributed by atoms with Crippen LogP contribution in [0.5, 0.6) is 0 Å². The third-order valence-corrected chi connectivity index (χ3v) is 5.78. The summed E-state index contributed by atoms with van der Waals surface area (Å²) in [6.45, 7) is 0. The number of hydrogen-bond acceptors (Lipinski definition) is 6. The standard InChI is InChI=1S/C26H18BN5O2/c33-27(34)19-11-12-22-20(15-19)21-16-28-14-13-23(21)32(22)26-30-24(17-7-3-1-4-8-17)29-25(31-26)18-9-5-2-6-10-18/h1-16,33-34H. The SMILES string of the molecule is OB(O)c1ccc2c(c1)c1cnccc1n2-c1nc(-c2ccccc2)nc(-c2ccccc2)n1. The average Bonchev–Trinajstić information content (AvgIpc) is 3.23. The fourth-order valence-corrected chi connectivity index (χ4v) is 4.16. The lowest BCUT2D eigenvalue weighted by molar-refractivity contribution is 0.426. The lowest BCUT2D eigenvalue weighted by atomic mass is 9.80. The summed E-state index contributed by atoms with van der Waals surface area (Å²) in [6.07, 6.45) is 3.48. The highest BCUT2D eigenvalue weighted by molar-refractivity contribution is 6.59. The first-order valence-electron chi connectivity index (χ1n) is 10.8. The molecule has 0 aliphatic carbocycles. The van der Waals surface area contributed by atoms with Crippen LogP contribution in [-0.4, -0.2) is 41.7 Å². The number of benzene rings is 3. The van der Waals surface area contributed by atoms with Gasteiger partial charge >= 0.3 is 7.12 Å². The molecule has 0 saturated heterocycles. The molecule has 0 amide bonds. The van der Waals surface area contributed by atoms with Gasteiger partial charge in [0.2, 0.25) is 5.95 Å². The Balaban J connectivity index is 1.68. The first kappa shape index (κ1) is 20.2. The molecule has 162 valence electrons. The predicted molar refractivity (Wildman–Crippen MR) is 133 cm³/mol. The Bertz CT molecular complexity index is 1580. The monoisotopic (exact) mass is 443 g/mol. The van der Waals surface area contributed by atoms with E-state index in [1.165, 1.54) is 0 Å². The lowest BCUT2D eigenvalue weighted by Gasteiger charge is -2.11. The van der Waals surface area contributed by atoms with E-state index in [9.17, 15) is 10.0 Å². The van der Waals surface area contributed by atoms with Gasteiger partial charge in [-0.25, -0.2) is 4.98 Å². The molecule has 0 saturated carbocycles. The molecule has 2 N–H and O–H groups in total. The van der Waals surface area contributed by atoms with Crippen LogP contribution in [0.4, 0.5) is 0 Å². The zero-order chi connectivity index (χ0) is 23.1. The molecule has 3 heterocycles. The van der Waals surface area contributed by atoms with Gasteiger partial charge in [0.05, 0.1) is 11.0 Å². The number of fused-ring (bicyclic) bond motifs is 3. The van der Waals surface area contributed by atoms with Gasteiger partial charge in [-0.1, -0.05) is 72.8 Å². The predicted octanol–water partition coefficient (Wildman–Crippen LogP) is 3.38. The Hall–Kier alpha value is -4.40. The number of rotatable bonds is 4. The Kier molecular flexibility index (Phi) is 4.87.